The summed E-state index contributed by atoms with van der Waals surface area (Å²) in [5.41, 5.74) is 1.37. The molecule has 0 radical (unpaired) electrons. The molecule has 0 unspecified atom stereocenters. The first-order valence-corrected chi connectivity index (χ1v) is 7.94. The fraction of sp³-hybridized carbons (Fsp3) is 0.600. The lowest BCUT2D eigenvalue weighted by Gasteiger charge is -2.32. The Labute approximate surface area is 136 Å². The summed E-state index contributed by atoms with van der Waals surface area (Å²) in [4.78, 5) is 24.7. The van der Waals surface area contributed by atoms with Gasteiger partial charge < -0.3 is 20.0 Å². The topological polar surface area (TPSA) is 73.3 Å². The van der Waals surface area contributed by atoms with E-state index in [1.807, 2.05) is 0 Å². The summed E-state index contributed by atoms with van der Waals surface area (Å²) in [6, 6.07) is 0. The Hall–Kier alpha value is -2.06. The van der Waals surface area contributed by atoms with Crippen molar-refractivity contribution in [3.63, 3.8) is 0 Å². The Morgan fingerprint density at radius 1 is 1.09 bits per heavy atom. The summed E-state index contributed by atoms with van der Waals surface area (Å²) >= 11 is 0. The molecule has 2 aromatic rings. The highest BCUT2D eigenvalue weighted by Crippen LogP contribution is 2.20. The van der Waals surface area contributed by atoms with Crippen molar-refractivity contribution in [2.24, 2.45) is 0 Å². The number of nitrogens with zero attached hydrogens (tertiary/aromatic N) is 7. The van der Waals surface area contributed by atoms with Gasteiger partial charge in [-0.2, -0.15) is 9.97 Å². The van der Waals surface area contributed by atoms with Crippen LogP contribution in [0.15, 0.2) is 12.4 Å². The van der Waals surface area contributed by atoms with E-state index in [1.165, 1.54) is 0 Å². The standard InChI is InChI=1S/C15H24N8/c1-21(2)7-6-18-14-12-13(17-5-4-16-12)19-15(20-14)23-10-8-22(3)9-11-23/h4-5H,6-11H2,1-3H3,(H,17,18,19,20). The van der Waals surface area contributed by atoms with Crippen molar-refractivity contribution in [1.29, 1.82) is 0 Å². The first-order chi connectivity index (χ1) is 11.1. The summed E-state index contributed by atoms with van der Waals surface area (Å²) in [5, 5.41) is 3.37. The Balaban J connectivity index is 1.87. The maximum absolute atomic E-state index is 4.71. The highest BCUT2D eigenvalue weighted by atomic mass is 15.3. The molecule has 0 aliphatic carbocycles. The van der Waals surface area contributed by atoms with Crippen molar-refractivity contribution in [2.45, 2.75) is 0 Å². The first-order valence-electron chi connectivity index (χ1n) is 7.94. The van der Waals surface area contributed by atoms with E-state index in [-0.39, 0.29) is 0 Å². The van der Waals surface area contributed by atoms with Crippen LogP contribution in [0, 0.1) is 0 Å². The number of likely N-dealkylation sites (N-methyl/N-ethyl adjacent to an activating group) is 2. The second-order valence-electron chi connectivity index (χ2n) is 6.12. The predicted molar refractivity (Wildman–Crippen MR) is 91.9 cm³/mol. The zero-order chi connectivity index (χ0) is 16.2. The average Bonchev–Trinajstić information content (AvgIpc) is 2.55. The highest BCUT2D eigenvalue weighted by molar-refractivity contribution is 5.83. The summed E-state index contributed by atoms with van der Waals surface area (Å²) in [5.74, 6) is 1.50. The minimum atomic E-state index is 0.642. The lowest BCUT2D eigenvalue weighted by Crippen LogP contribution is -2.45. The molecule has 0 aromatic carbocycles. The van der Waals surface area contributed by atoms with Crippen LogP contribution in [0.3, 0.4) is 0 Å². The van der Waals surface area contributed by atoms with Crippen molar-refractivity contribution in [3.8, 4) is 0 Å². The molecule has 3 rings (SSSR count). The van der Waals surface area contributed by atoms with Gasteiger partial charge in [-0.3, -0.25) is 0 Å². The molecule has 3 heterocycles. The number of rotatable bonds is 5. The second kappa shape index (κ2) is 7.01. The van der Waals surface area contributed by atoms with Gasteiger partial charge in [-0.05, 0) is 21.1 Å². The number of aromatic nitrogens is 4. The molecule has 23 heavy (non-hydrogen) atoms. The third kappa shape index (κ3) is 3.83. The molecule has 2 aromatic heterocycles. The van der Waals surface area contributed by atoms with Gasteiger partial charge in [0.15, 0.2) is 17.0 Å². The molecular formula is C15H24N8. The lowest BCUT2D eigenvalue weighted by molar-refractivity contribution is 0.311. The average molecular weight is 316 g/mol. The molecule has 1 aliphatic heterocycles. The second-order valence-corrected chi connectivity index (χ2v) is 6.12. The molecule has 0 atom stereocenters. The summed E-state index contributed by atoms with van der Waals surface area (Å²) in [6.07, 6.45) is 3.35. The molecule has 0 amide bonds. The molecule has 124 valence electrons. The molecule has 0 spiro atoms. The largest absolute Gasteiger partial charge is 0.367 e. The quantitative estimate of drug-likeness (QED) is 0.835. The summed E-state index contributed by atoms with van der Waals surface area (Å²) in [7, 11) is 6.24. The smallest absolute Gasteiger partial charge is 0.229 e. The Kier molecular flexibility index (Phi) is 4.82. The van der Waals surface area contributed by atoms with E-state index in [0.717, 1.165) is 56.6 Å². The van der Waals surface area contributed by atoms with Crippen molar-refractivity contribution in [3.05, 3.63) is 12.4 Å². The zero-order valence-corrected chi connectivity index (χ0v) is 14.0. The number of fused-ring (bicyclic) bond motifs is 1. The van der Waals surface area contributed by atoms with E-state index in [0.29, 0.717) is 5.65 Å². The lowest BCUT2D eigenvalue weighted by atomic mass is 10.3. The number of nitrogens with one attached hydrogen (secondary N) is 1. The van der Waals surface area contributed by atoms with Gasteiger partial charge in [-0.1, -0.05) is 0 Å². The molecule has 8 nitrogen and oxygen atoms in total. The molecule has 1 aliphatic rings. The van der Waals surface area contributed by atoms with Crippen molar-refractivity contribution >= 4 is 22.9 Å². The fourth-order valence-corrected chi connectivity index (χ4v) is 2.52. The minimum absolute atomic E-state index is 0.642. The van der Waals surface area contributed by atoms with Crippen molar-refractivity contribution in [2.75, 3.05) is 70.6 Å². The van der Waals surface area contributed by atoms with Crippen LogP contribution in [-0.4, -0.2) is 90.1 Å². The van der Waals surface area contributed by atoms with E-state index in [2.05, 4.69) is 56.1 Å². The molecule has 8 heteroatoms. The van der Waals surface area contributed by atoms with E-state index in [4.69, 9.17) is 4.98 Å². The summed E-state index contributed by atoms with van der Waals surface area (Å²) in [6.45, 7) is 5.63. The Morgan fingerprint density at radius 3 is 2.57 bits per heavy atom. The third-order valence-corrected chi connectivity index (χ3v) is 3.96. The number of piperazine rings is 1. The number of hydrogen-bond donors (Lipinski definition) is 1. The van der Waals surface area contributed by atoms with Crippen LogP contribution >= 0.6 is 0 Å². The van der Waals surface area contributed by atoms with Crippen LogP contribution in [0.5, 0.6) is 0 Å². The van der Waals surface area contributed by atoms with Gasteiger partial charge in [0.05, 0.1) is 0 Å². The first kappa shape index (κ1) is 15.8. The van der Waals surface area contributed by atoms with Gasteiger partial charge in [0.1, 0.15) is 0 Å². The van der Waals surface area contributed by atoms with E-state index in [1.54, 1.807) is 12.4 Å². The SMILES string of the molecule is CN(C)CCNc1nc(N2CCN(C)CC2)nc2nccnc12. The minimum Gasteiger partial charge on any atom is -0.367 e. The van der Waals surface area contributed by atoms with Gasteiger partial charge in [-0.15, -0.1) is 0 Å². The molecule has 1 saturated heterocycles. The van der Waals surface area contributed by atoms with E-state index in [9.17, 15) is 0 Å². The number of anilines is 2. The van der Waals surface area contributed by atoms with E-state index < -0.39 is 0 Å². The van der Waals surface area contributed by atoms with Crippen molar-refractivity contribution < 1.29 is 0 Å². The monoisotopic (exact) mass is 316 g/mol. The van der Waals surface area contributed by atoms with Crippen LogP contribution in [-0.2, 0) is 0 Å². The molecular weight excluding hydrogens is 292 g/mol. The van der Waals surface area contributed by atoms with Gasteiger partial charge in [0, 0.05) is 51.7 Å². The molecule has 0 bridgehead atoms. The van der Waals surface area contributed by atoms with Gasteiger partial charge >= 0.3 is 0 Å². The maximum atomic E-state index is 4.71. The normalized spacial score (nSPS) is 16.3. The maximum Gasteiger partial charge on any atom is 0.229 e. The molecule has 1 fully saturated rings. The van der Waals surface area contributed by atoms with Gasteiger partial charge in [0.2, 0.25) is 5.95 Å². The van der Waals surface area contributed by atoms with Crippen LogP contribution in [0.2, 0.25) is 0 Å². The van der Waals surface area contributed by atoms with Crippen LogP contribution in [0.25, 0.3) is 11.2 Å². The van der Waals surface area contributed by atoms with Crippen LogP contribution in [0.1, 0.15) is 0 Å². The van der Waals surface area contributed by atoms with Crippen LogP contribution < -0.4 is 10.2 Å². The highest BCUT2D eigenvalue weighted by Gasteiger charge is 2.19. The predicted octanol–water partition coefficient (Wildman–Crippen LogP) is 0.145. The van der Waals surface area contributed by atoms with Crippen molar-refractivity contribution in [1.82, 2.24) is 29.7 Å². The molecule has 0 saturated carbocycles. The summed E-state index contributed by atoms with van der Waals surface area (Å²) < 4.78 is 0. The van der Waals surface area contributed by atoms with Crippen LogP contribution in [0.4, 0.5) is 11.8 Å². The van der Waals surface area contributed by atoms with Gasteiger partial charge in [-0.25, -0.2) is 9.97 Å². The Morgan fingerprint density at radius 2 is 1.83 bits per heavy atom. The number of hydrogen-bond acceptors (Lipinski definition) is 8. The third-order valence-electron chi connectivity index (χ3n) is 3.96. The van der Waals surface area contributed by atoms with E-state index >= 15 is 0 Å². The Bertz CT molecular complexity index is 651. The zero-order valence-electron chi connectivity index (χ0n) is 14.0. The van der Waals surface area contributed by atoms with Gasteiger partial charge in [0.25, 0.3) is 0 Å². The molecule has 1 N–H and O–H groups in total. The fourth-order valence-electron chi connectivity index (χ4n) is 2.52.